The molecule has 1 aliphatic rings. The van der Waals surface area contributed by atoms with Gasteiger partial charge in [0.15, 0.2) is 0 Å². The van der Waals surface area contributed by atoms with Crippen molar-refractivity contribution in [3.63, 3.8) is 0 Å². The zero-order valence-corrected chi connectivity index (χ0v) is 11.6. The van der Waals surface area contributed by atoms with Gasteiger partial charge in [-0.2, -0.15) is 0 Å². The topological polar surface area (TPSA) is 80.0 Å². The number of nitrogens with zero attached hydrogens (tertiary/aromatic N) is 1. The van der Waals surface area contributed by atoms with Crippen LogP contribution >= 0.6 is 0 Å². The Hall–Kier alpha value is -1.62. The number of carbonyl (C=O) groups excluding carboxylic acids is 1. The van der Waals surface area contributed by atoms with Crippen LogP contribution in [0.3, 0.4) is 0 Å². The van der Waals surface area contributed by atoms with Crippen molar-refractivity contribution < 1.29 is 4.79 Å². The van der Waals surface area contributed by atoms with Gasteiger partial charge in [-0.3, -0.25) is 4.79 Å². The van der Waals surface area contributed by atoms with Gasteiger partial charge < -0.3 is 16.4 Å². The third-order valence-electron chi connectivity index (χ3n) is 3.61. The highest BCUT2D eigenvalue weighted by atomic mass is 16.1. The van der Waals surface area contributed by atoms with E-state index in [-0.39, 0.29) is 0 Å². The Morgan fingerprint density at radius 1 is 1.47 bits per heavy atom. The van der Waals surface area contributed by atoms with Gasteiger partial charge in [-0.05, 0) is 57.3 Å². The molecule has 0 atom stereocenters. The summed E-state index contributed by atoms with van der Waals surface area (Å²) >= 11 is 0. The molecule has 5 nitrogen and oxygen atoms in total. The van der Waals surface area contributed by atoms with Crippen molar-refractivity contribution in [3.05, 3.63) is 22.9 Å². The standard InChI is InChI=1S/C14H22N4O/c1-9-7-10(2)18-14(12(9)13(15)19)17-8-11-3-5-16-6-4-11/h7,11,16H,3-6,8H2,1-2H3,(H2,15,19)(H,17,18). The van der Waals surface area contributed by atoms with Crippen LogP contribution in [-0.4, -0.2) is 30.5 Å². The highest BCUT2D eigenvalue weighted by molar-refractivity contribution is 5.99. The predicted octanol–water partition coefficient (Wildman–Crippen LogP) is 1.21. The van der Waals surface area contributed by atoms with Gasteiger partial charge in [0.25, 0.3) is 5.91 Å². The van der Waals surface area contributed by atoms with Gasteiger partial charge in [-0.1, -0.05) is 0 Å². The largest absolute Gasteiger partial charge is 0.369 e. The van der Waals surface area contributed by atoms with E-state index in [1.807, 2.05) is 19.9 Å². The molecule has 19 heavy (non-hydrogen) atoms. The zero-order chi connectivity index (χ0) is 13.8. The van der Waals surface area contributed by atoms with E-state index in [1.165, 1.54) is 0 Å². The fourth-order valence-electron chi connectivity index (χ4n) is 2.60. The van der Waals surface area contributed by atoms with Crippen LogP contribution in [0.25, 0.3) is 0 Å². The Labute approximate surface area is 114 Å². The van der Waals surface area contributed by atoms with Gasteiger partial charge in [-0.25, -0.2) is 4.98 Å². The van der Waals surface area contributed by atoms with E-state index in [0.29, 0.717) is 17.3 Å². The Kier molecular flexibility index (Phi) is 4.37. The Morgan fingerprint density at radius 3 is 2.79 bits per heavy atom. The molecule has 0 aromatic carbocycles. The smallest absolute Gasteiger partial charge is 0.252 e. The van der Waals surface area contributed by atoms with E-state index in [4.69, 9.17) is 5.73 Å². The SMILES string of the molecule is Cc1cc(C)c(C(N)=O)c(NCC2CCNCC2)n1. The number of piperidine rings is 1. The molecule has 1 aromatic rings. The molecule has 1 saturated heterocycles. The lowest BCUT2D eigenvalue weighted by Gasteiger charge is -2.23. The summed E-state index contributed by atoms with van der Waals surface area (Å²) in [5, 5.41) is 6.65. The maximum Gasteiger partial charge on any atom is 0.252 e. The number of nitrogens with two attached hydrogens (primary N) is 1. The number of aryl methyl sites for hydroxylation is 2. The number of anilines is 1. The molecule has 4 N–H and O–H groups in total. The fraction of sp³-hybridized carbons (Fsp3) is 0.571. The zero-order valence-electron chi connectivity index (χ0n) is 11.6. The first kappa shape index (κ1) is 13.8. The molecular formula is C14H22N4O. The summed E-state index contributed by atoms with van der Waals surface area (Å²) in [6, 6.07) is 1.88. The summed E-state index contributed by atoms with van der Waals surface area (Å²) < 4.78 is 0. The highest BCUT2D eigenvalue weighted by Gasteiger charge is 2.17. The molecule has 2 heterocycles. The molecule has 1 aliphatic heterocycles. The quantitative estimate of drug-likeness (QED) is 0.762. The average molecular weight is 262 g/mol. The number of rotatable bonds is 4. The van der Waals surface area contributed by atoms with Crippen LogP contribution in [0.2, 0.25) is 0 Å². The molecule has 0 saturated carbocycles. The molecular weight excluding hydrogens is 240 g/mol. The fourth-order valence-corrected chi connectivity index (χ4v) is 2.60. The number of primary amides is 1. The number of nitrogens with one attached hydrogen (secondary N) is 2. The summed E-state index contributed by atoms with van der Waals surface area (Å²) in [6.07, 6.45) is 2.31. The summed E-state index contributed by atoms with van der Waals surface area (Å²) in [7, 11) is 0. The predicted molar refractivity (Wildman–Crippen MR) is 76.3 cm³/mol. The minimum absolute atomic E-state index is 0.419. The number of carbonyl (C=O) groups is 1. The molecule has 0 spiro atoms. The van der Waals surface area contributed by atoms with Crippen LogP contribution in [0.5, 0.6) is 0 Å². The van der Waals surface area contributed by atoms with Crippen molar-refractivity contribution >= 4 is 11.7 Å². The maximum absolute atomic E-state index is 11.5. The van der Waals surface area contributed by atoms with Crippen molar-refractivity contribution in [1.82, 2.24) is 10.3 Å². The Balaban J connectivity index is 2.12. The number of pyridine rings is 1. The van der Waals surface area contributed by atoms with Gasteiger partial charge in [0, 0.05) is 12.2 Å². The van der Waals surface area contributed by atoms with Crippen molar-refractivity contribution in [2.75, 3.05) is 25.0 Å². The summed E-state index contributed by atoms with van der Waals surface area (Å²) in [6.45, 7) is 6.79. The second kappa shape index (κ2) is 6.02. The summed E-state index contributed by atoms with van der Waals surface area (Å²) in [5.41, 5.74) is 7.74. The third kappa shape index (κ3) is 3.44. The minimum Gasteiger partial charge on any atom is -0.369 e. The van der Waals surface area contributed by atoms with Crippen LogP contribution in [0.4, 0.5) is 5.82 Å². The van der Waals surface area contributed by atoms with Gasteiger partial charge in [0.05, 0.1) is 5.56 Å². The van der Waals surface area contributed by atoms with E-state index in [2.05, 4.69) is 15.6 Å². The first-order chi connectivity index (χ1) is 9.08. The lowest BCUT2D eigenvalue weighted by atomic mass is 9.98. The Bertz CT molecular complexity index is 467. The van der Waals surface area contributed by atoms with Crippen molar-refractivity contribution in [3.8, 4) is 0 Å². The number of hydrogen-bond donors (Lipinski definition) is 3. The van der Waals surface area contributed by atoms with Crippen LogP contribution in [0, 0.1) is 19.8 Å². The molecule has 0 bridgehead atoms. The average Bonchev–Trinajstić information content (AvgIpc) is 2.36. The van der Waals surface area contributed by atoms with Crippen LogP contribution in [-0.2, 0) is 0 Å². The number of hydrogen-bond acceptors (Lipinski definition) is 4. The van der Waals surface area contributed by atoms with E-state index in [0.717, 1.165) is 43.7 Å². The normalized spacial score (nSPS) is 16.3. The Morgan fingerprint density at radius 2 is 2.16 bits per heavy atom. The third-order valence-corrected chi connectivity index (χ3v) is 3.61. The second-order valence-electron chi connectivity index (χ2n) is 5.24. The first-order valence-corrected chi connectivity index (χ1v) is 6.80. The molecule has 104 valence electrons. The van der Waals surface area contributed by atoms with Gasteiger partial charge in [-0.15, -0.1) is 0 Å². The van der Waals surface area contributed by atoms with E-state index < -0.39 is 5.91 Å². The van der Waals surface area contributed by atoms with Gasteiger partial charge in [0.2, 0.25) is 0 Å². The summed E-state index contributed by atoms with van der Waals surface area (Å²) in [5.74, 6) is 0.839. The maximum atomic E-state index is 11.5. The van der Waals surface area contributed by atoms with E-state index in [1.54, 1.807) is 0 Å². The number of aromatic nitrogens is 1. The molecule has 1 amide bonds. The number of amides is 1. The second-order valence-corrected chi connectivity index (χ2v) is 5.24. The van der Waals surface area contributed by atoms with Crippen LogP contribution in [0.1, 0.15) is 34.5 Å². The first-order valence-electron chi connectivity index (χ1n) is 6.80. The molecule has 5 heteroatoms. The molecule has 1 aromatic heterocycles. The molecule has 1 fully saturated rings. The van der Waals surface area contributed by atoms with Crippen molar-refractivity contribution in [2.45, 2.75) is 26.7 Å². The highest BCUT2D eigenvalue weighted by Crippen LogP contribution is 2.20. The molecule has 0 unspecified atom stereocenters. The molecule has 2 rings (SSSR count). The lowest BCUT2D eigenvalue weighted by Crippen LogP contribution is -2.31. The van der Waals surface area contributed by atoms with E-state index >= 15 is 0 Å². The monoisotopic (exact) mass is 262 g/mol. The molecule has 0 aliphatic carbocycles. The van der Waals surface area contributed by atoms with Crippen LogP contribution < -0.4 is 16.4 Å². The van der Waals surface area contributed by atoms with Crippen molar-refractivity contribution in [1.29, 1.82) is 0 Å². The van der Waals surface area contributed by atoms with E-state index in [9.17, 15) is 4.79 Å². The lowest BCUT2D eigenvalue weighted by molar-refractivity contribution is 0.1000. The molecule has 0 radical (unpaired) electrons. The van der Waals surface area contributed by atoms with Crippen LogP contribution in [0.15, 0.2) is 6.07 Å². The van der Waals surface area contributed by atoms with Gasteiger partial charge >= 0.3 is 0 Å². The summed E-state index contributed by atoms with van der Waals surface area (Å²) in [4.78, 5) is 15.9. The van der Waals surface area contributed by atoms with Crippen molar-refractivity contribution in [2.24, 2.45) is 11.7 Å². The van der Waals surface area contributed by atoms with Gasteiger partial charge in [0.1, 0.15) is 5.82 Å². The minimum atomic E-state index is -0.419.